The Morgan fingerprint density at radius 3 is 2.59 bits per heavy atom. The van der Waals surface area contributed by atoms with Gasteiger partial charge in [-0.1, -0.05) is 0 Å². The highest BCUT2D eigenvalue weighted by atomic mass is 19.3. The molecule has 0 saturated carbocycles. The fourth-order valence-electron chi connectivity index (χ4n) is 2.64. The van der Waals surface area contributed by atoms with Crippen LogP contribution < -0.4 is 4.74 Å². The molecule has 12 heteroatoms. The molecule has 0 spiro atoms. The Kier molecular flexibility index (Phi) is 5.42. The number of ether oxygens (including phenoxy) is 1. The van der Waals surface area contributed by atoms with Crippen LogP contribution in [0.1, 0.15) is 11.3 Å². The molecule has 2 heterocycles. The second-order valence-corrected chi connectivity index (χ2v) is 5.89. The molecule has 1 unspecified atom stereocenters. The Morgan fingerprint density at radius 1 is 1.21 bits per heavy atom. The van der Waals surface area contributed by atoms with Gasteiger partial charge in [0.25, 0.3) is 0 Å². The van der Waals surface area contributed by atoms with Gasteiger partial charge in [0, 0.05) is 11.6 Å². The standard InChI is InChI=1S/C17H12F4N6O2/c18-11-1-3-13(14(19)7-11)16(28,9-27-10-24-25-26-27)17(20,21)15-4-2-12(8-23-15)29-6-5-22/h1-4,7-8,10,28H,6,9H2. The van der Waals surface area contributed by atoms with Gasteiger partial charge in [-0.15, -0.1) is 5.10 Å². The molecule has 0 aliphatic rings. The second-order valence-electron chi connectivity index (χ2n) is 5.89. The zero-order valence-electron chi connectivity index (χ0n) is 14.5. The van der Waals surface area contributed by atoms with E-state index >= 15 is 8.78 Å². The average Bonchev–Trinajstić information content (AvgIpc) is 3.19. The number of nitriles is 1. The molecular weight excluding hydrogens is 396 g/mol. The van der Waals surface area contributed by atoms with Gasteiger partial charge < -0.3 is 9.84 Å². The molecule has 2 aromatic heterocycles. The van der Waals surface area contributed by atoms with Crippen LogP contribution in [0.15, 0.2) is 42.9 Å². The zero-order valence-corrected chi connectivity index (χ0v) is 14.5. The summed E-state index contributed by atoms with van der Waals surface area (Å²) in [6, 6.07) is 5.52. The van der Waals surface area contributed by atoms with Gasteiger partial charge >= 0.3 is 5.92 Å². The van der Waals surface area contributed by atoms with Gasteiger partial charge in [0.15, 0.2) is 12.2 Å². The summed E-state index contributed by atoms with van der Waals surface area (Å²) >= 11 is 0. The lowest BCUT2D eigenvalue weighted by Crippen LogP contribution is -2.48. The average molecular weight is 408 g/mol. The number of benzene rings is 1. The van der Waals surface area contributed by atoms with Crippen LogP contribution in [0.25, 0.3) is 0 Å². The summed E-state index contributed by atoms with van der Waals surface area (Å²) < 4.78 is 64.2. The molecule has 1 N–H and O–H groups in total. The van der Waals surface area contributed by atoms with Crippen molar-refractivity contribution in [1.82, 2.24) is 25.2 Å². The smallest absolute Gasteiger partial charge is 0.323 e. The van der Waals surface area contributed by atoms with Crippen molar-refractivity contribution in [2.45, 2.75) is 18.1 Å². The van der Waals surface area contributed by atoms with Gasteiger partial charge in [0.1, 0.15) is 35.5 Å². The Bertz CT molecular complexity index is 1020. The first kappa shape index (κ1) is 20.2. The van der Waals surface area contributed by atoms with Crippen molar-refractivity contribution in [3.63, 3.8) is 0 Å². The molecule has 29 heavy (non-hydrogen) atoms. The minimum Gasteiger partial charge on any atom is -0.477 e. The summed E-state index contributed by atoms with van der Waals surface area (Å²) in [5.41, 5.74) is -5.01. The summed E-state index contributed by atoms with van der Waals surface area (Å²) in [5, 5.41) is 29.5. The molecule has 0 saturated heterocycles. The van der Waals surface area contributed by atoms with Crippen LogP contribution in [-0.2, 0) is 18.1 Å². The lowest BCUT2D eigenvalue weighted by atomic mass is 9.84. The van der Waals surface area contributed by atoms with E-state index in [1.165, 1.54) is 0 Å². The highest BCUT2D eigenvalue weighted by Crippen LogP contribution is 2.46. The van der Waals surface area contributed by atoms with E-state index in [4.69, 9.17) is 10.00 Å². The van der Waals surface area contributed by atoms with Crippen molar-refractivity contribution in [3.05, 3.63) is 65.7 Å². The van der Waals surface area contributed by atoms with Crippen molar-refractivity contribution < 1.29 is 27.4 Å². The fourth-order valence-corrected chi connectivity index (χ4v) is 2.64. The molecule has 0 bridgehead atoms. The van der Waals surface area contributed by atoms with Gasteiger partial charge in [0.2, 0.25) is 0 Å². The number of aliphatic hydroxyl groups is 1. The summed E-state index contributed by atoms with van der Waals surface area (Å²) in [6.07, 6.45) is 1.88. The summed E-state index contributed by atoms with van der Waals surface area (Å²) in [5.74, 6) is -6.50. The molecule has 0 aliphatic heterocycles. The van der Waals surface area contributed by atoms with Crippen LogP contribution >= 0.6 is 0 Å². The molecule has 0 radical (unpaired) electrons. The SMILES string of the molecule is N#CCOc1ccc(C(F)(F)C(O)(Cn2cnnn2)c2ccc(F)cc2F)nc1. The summed E-state index contributed by atoms with van der Waals surface area (Å²) in [4.78, 5) is 3.57. The molecule has 3 aromatic rings. The third kappa shape index (κ3) is 3.85. The van der Waals surface area contributed by atoms with Crippen molar-refractivity contribution in [3.8, 4) is 11.8 Å². The highest BCUT2D eigenvalue weighted by molar-refractivity contribution is 5.32. The minimum absolute atomic E-state index is 0.0445. The first-order valence-electron chi connectivity index (χ1n) is 8.00. The van der Waals surface area contributed by atoms with Gasteiger partial charge in [-0.25, -0.2) is 13.5 Å². The van der Waals surface area contributed by atoms with Crippen LogP contribution in [-0.4, -0.2) is 36.9 Å². The number of aromatic nitrogens is 5. The highest BCUT2D eigenvalue weighted by Gasteiger charge is 2.58. The third-order valence-corrected chi connectivity index (χ3v) is 4.04. The zero-order chi connectivity index (χ0) is 21.1. The molecule has 150 valence electrons. The molecular formula is C17H12F4N6O2. The number of nitrogens with zero attached hydrogens (tertiary/aromatic N) is 6. The lowest BCUT2D eigenvalue weighted by Gasteiger charge is -2.35. The maximum Gasteiger partial charge on any atom is 0.323 e. The fraction of sp³-hybridized carbons (Fsp3) is 0.235. The normalized spacial score (nSPS) is 13.5. The largest absolute Gasteiger partial charge is 0.477 e. The van der Waals surface area contributed by atoms with Gasteiger partial charge in [-0.05, 0) is 34.7 Å². The number of hydrogen-bond acceptors (Lipinski definition) is 7. The number of alkyl halides is 2. The minimum atomic E-state index is -4.16. The van der Waals surface area contributed by atoms with E-state index in [1.807, 2.05) is 0 Å². The van der Waals surface area contributed by atoms with Crippen LogP contribution in [0.2, 0.25) is 0 Å². The Morgan fingerprint density at radius 2 is 2.00 bits per heavy atom. The molecule has 1 aromatic carbocycles. The molecule has 0 aliphatic carbocycles. The predicted molar refractivity (Wildman–Crippen MR) is 87.3 cm³/mol. The Balaban J connectivity index is 2.07. The van der Waals surface area contributed by atoms with Crippen LogP contribution in [0.4, 0.5) is 17.6 Å². The quantitative estimate of drug-likeness (QED) is 0.595. The summed E-state index contributed by atoms with van der Waals surface area (Å²) in [7, 11) is 0. The number of rotatable bonds is 7. The number of hydrogen-bond donors (Lipinski definition) is 1. The van der Waals surface area contributed by atoms with Crippen LogP contribution in [0, 0.1) is 23.0 Å². The first-order valence-corrected chi connectivity index (χ1v) is 8.00. The van der Waals surface area contributed by atoms with E-state index in [1.54, 1.807) is 6.07 Å². The van der Waals surface area contributed by atoms with E-state index in [-0.39, 0.29) is 12.4 Å². The van der Waals surface area contributed by atoms with Crippen LogP contribution in [0.3, 0.4) is 0 Å². The third-order valence-electron chi connectivity index (χ3n) is 4.04. The maximum absolute atomic E-state index is 15.4. The van der Waals surface area contributed by atoms with E-state index in [9.17, 15) is 13.9 Å². The van der Waals surface area contributed by atoms with Crippen molar-refractivity contribution >= 4 is 0 Å². The molecule has 3 rings (SSSR count). The Hall–Kier alpha value is -3.59. The monoisotopic (exact) mass is 408 g/mol. The lowest BCUT2D eigenvalue weighted by molar-refractivity contribution is -0.207. The Labute approximate surface area is 161 Å². The van der Waals surface area contributed by atoms with Gasteiger partial charge in [-0.2, -0.15) is 14.0 Å². The topological polar surface area (TPSA) is 110 Å². The molecule has 0 amide bonds. The van der Waals surface area contributed by atoms with Gasteiger partial charge in [-0.3, -0.25) is 4.98 Å². The second kappa shape index (κ2) is 7.80. The molecule has 1 atom stereocenters. The van der Waals surface area contributed by atoms with Crippen molar-refractivity contribution in [2.24, 2.45) is 0 Å². The van der Waals surface area contributed by atoms with E-state index in [2.05, 4.69) is 20.5 Å². The van der Waals surface area contributed by atoms with Crippen LogP contribution in [0.5, 0.6) is 5.75 Å². The van der Waals surface area contributed by atoms with Crippen molar-refractivity contribution in [1.29, 1.82) is 5.26 Å². The first-order chi connectivity index (χ1) is 13.8. The molecule has 8 nitrogen and oxygen atoms in total. The predicted octanol–water partition coefficient (Wildman–Crippen LogP) is 1.93. The van der Waals surface area contributed by atoms with E-state index in [0.29, 0.717) is 12.1 Å². The maximum atomic E-state index is 15.4. The number of tetrazole rings is 1. The van der Waals surface area contributed by atoms with Crippen molar-refractivity contribution in [2.75, 3.05) is 6.61 Å². The van der Waals surface area contributed by atoms with E-state index < -0.39 is 41.0 Å². The number of pyridine rings is 1. The molecule has 0 fully saturated rings. The van der Waals surface area contributed by atoms with Gasteiger partial charge in [0.05, 0.1) is 12.7 Å². The summed E-state index contributed by atoms with van der Waals surface area (Å²) in [6.45, 7) is -1.27. The van der Waals surface area contributed by atoms with E-state index in [0.717, 1.165) is 35.4 Å². The number of halogens is 4.